The maximum Gasteiger partial charge on any atom is 0.408 e. The second-order valence-electron chi connectivity index (χ2n) is 7.09. The molecule has 2 atom stereocenters. The zero-order chi connectivity index (χ0) is 23.7. The summed E-state index contributed by atoms with van der Waals surface area (Å²) in [5, 5.41) is 13.2. The third kappa shape index (κ3) is 7.25. The van der Waals surface area contributed by atoms with E-state index in [1.165, 1.54) is 12.1 Å². The number of nitrogens with one attached hydrogen (secondary N) is 1. The van der Waals surface area contributed by atoms with Crippen molar-refractivity contribution < 1.29 is 28.4 Å². The van der Waals surface area contributed by atoms with E-state index in [-0.39, 0.29) is 25.3 Å². The van der Waals surface area contributed by atoms with Crippen molar-refractivity contribution in [2.45, 2.75) is 18.8 Å². The van der Waals surface area contributed by atoms with Crippen LogP contribution in [0.2, 0.25) is 0 Å². The number of rotatable bonds is 10. The van der Waals surface area contributed by atoms with Gasteiger partial charge in [0.2, 0.25) is 0 Å². The van der Waals surface area contributed by atoms with Crippen LogP contribution in [-0.4, -0.2) is 22.5 Å². The van der Waals surface area contributed by atoms with E-state index in [4.69, 9.17) is 9.26 Å². The number of ether oxygens (including phenoxy) is 1. The highest BCUT2D eigenvalue weighted by Gasteiger charge is 2.35. The van der Waals surface area contributed by atoms with Gasteiger partial charge in [-0.2, -0.15) is 0 Å². The maximum absolute atomic E-state index is 13.0. The molecule has 0 saturated carbocycles. The van der Waals surface area contributed by atoms with Crippen molar-refractivity contribution in [2.75, 3.05) is 6.61 Å². The summed E-state index contributed by atoms with van der Waals surface area (Å²) in [6.45, 7) is -0.124. The van der Waals surface area contributed by atoms with Crippen LogP contribution in [0.3, 0.4) is 0 Å². The molecule has 0 aromatic heterocycles. The molecule has 0 heterocycles. The minimum Gasteiger partial charge on any atom is -0.445 e. The highest BCUT2D eigenvalue weighted by Crippen LogP contribution is 2.55. The van der Waals surface area contributed by atoms with Gasteiger partial charge in [0, 0.05) is 12.1 Å². The maximum atomic E-state index is 13.0. The van der Waals surface area contributed by atoms with E-state index in [9.17, 15) is 24.4 Å². The summed E-state index contributed by atoms with van der Waals surface area (Å²) in [5.41, 5.74) is 1.81. The second-order valence-corrected chi connectivity index (χ2v) is 8.99. The van der Waals surface area contributed by atoms with Gasteiger partial charge < -0.3 is 19.5 Å². The lowest BCUT2D eigenvalue weighted by molar-refractivity contribution is -0.384. The largest absolute Gasteiger partial charge is 0.445 e. The molecule has 0 aliphatic heterocycles. The van der Waals surface area contributed by atoms with Gasteiger partial charge in [-0.25, -0.2) is 4.79 Å². The van der Waals surface area contributed by atoms with Crippen molar-refractivity contribution in [3.63, 3.8) is 0 Å². The topological polar surface area (TPSA) is 128 Å². The zero-order valence-corrected chi connectivity index (χ0v) is 18.5. The SMILES string of the molecule is O=C(NC(c1ccccc1)P(=O)(O)OCCc1ccc([N+](=O)[O-])cc1)OCc1ccccc1. The molecule has 0 aliphatic carbocycles. The molecule has 2 N–H and O–H groups in total. The second kappa shape index (κ2) is 11.4. The zero-order valence-electron chi connectivity index (χ0n) is 17.6. The van der Waals surface area contributed by atoms with Gasteiger partial charge in [0.1, 0.15) is 6.61 Å². The summed E-state index contributed by atoms with van der Waals surface area (Å²) in [4.78, 5) is 33.2. The number of amides is 1. The van der Waals surface area contributed by atoms with Gasteiger partial charge in [-0.15, -0.1) is 0 Å². The summed E-state index contributed by atoms with van der Waals surface area (Å²) in [5.74, 6) is -1.33. The number of carbonyl (C=O) groups excluding carboxylic acids is 1. The van der Waals surface area contributed by atoms with Gasteiger partial charge in [-0.1, -0.05) is 72.8 Å². The standard InChI is InChI=1S/C23H23N2O7P/c26-23(31-17-19-7-3-1-4-8-19)24-22(20-9-5-2-6-10-20)33(29,30)32-16-15-18-11-13-21(14-12-18)25(27)28/h1-14,22H,15-17H2,(H,24,26)(H,29,30). The monoisotopic (exact) mass is 470 g/mol. The Bertz CT molecular complexity index is 1110. The van der Waals surface area contributed by atoms with Crippen LogP contribution in [0, 0.1) is 10.1 Å². The number of alkyl carbamates (subject to hydrolysis) is 1. The van der Waals surface area contributed by atoms with Gasteiger partial charge in [-0.05, 0) is 23.1 Å². The van der Waals surface area contributed by atoms with Crippen LogP contribution in [0.5, 0.6) is 0 Å². The highest BCUT2D eigenvalue weighted by atomic mass is 31.2. The number of non-ortho nitro benzene ring substituents is 1. The Labute approximate surface area is 190 Å². The van der Waals surface area contributed by atoms with Crippen molar-refractivity contribution in [3.05, 3.63) is 112 Å². The molecule has 33 heavy (non-hydrogen) atoms. The van der Waals surface area contributed by atoms with E-state index in [1.807, 2.05) is 18.2 Å². The summed E-state index contributed by atoms with van der Waals surface area (Å²) >= 11 is 0. The molecule has 10 heteroatoms. The van der Waals surface area contributed by atoms with Gasteiger partial charge in [-0.3, -0.25) is 14.7 Å². The van der Waals surface area contributed by atoms with Crippen molar-refractivity contribution >= 4 is 19.4 Å². The number of nitro benzene ring substituents is 1. The van der Waals surface area contributed by atoms with Gasteiger partial charge in [0.05, 0.1) is 11.5 Å². The van der Waals surface area contributed by atoms with Crippen LogP contribution in [0.1, 0.15) is 22.5 Å². The molecule has 3 aromatic rings. The molecular weight excluding hydrogens is 447 g/mol. The fourth-order valence-corrected chi connectivity index (χ4v) is 4.34. The Morgan fingerprint density at radius 3 is 2.18 bits per heavy atom. The van der Waals surface area contributed by atoms with Crippen LogP contribution in [-0.2, 0) is 26.9 Å². The Balaban J connectivity index is 1.64. The molecule has 0 bridgehead atoms. The molecule has 3 aromatic carbocycles. The molecule has 1 amide bonds. The minimum atomic E-state index is -4.36. The first-order chi connectivity index (χ1) is 15.8. The van der Waals surface area contributed by atoms with Gasteiger partial charge >= 0.3 is 13.7 Å². The third-order valence-corrected chi connectivity index (χ3v) is 6.36. The number of hydrogen-bond donors (Lipinski definition) is 2. The van der Waals surface area contributed by atoms with E-state index in [2.05, 4.69) is 5.32 Å². The van der Waals surface area contributed by atoms with Crippen LogP contribution in [0.25, 0.3) is 0 Å². The van der Waals surface area contributed by atoms with E-state index in [0.717, 1.165) is 5.56 Å². The number of nitro groups is 1. The average Bonchev–Trinajstić information content (AvgIpc) is 2.82. The average molecular weight is 470 g/mol. The highest BCUT2D eigenvalue weighted by molar-refractivity contribution is 7.53. The van der Waals surface area contributed by atoms with Gasteiger partial charge in [0.25, 0.3) is 5.69 Å². The summed E-state index contributed by atoms with van der Waals surface area (Å²) in [6.07, 6.45) is -0.608. The third-order valence-electron chi connectivity index (χ3n) is 4.72. The summed E-state index contributed by atoms with van der Waals surface area (Å²) in [6, 6.07) is 23.2. The lowest BCUT2D eigenvalue weighted by Gasteiger charge is -2.24. The van der Waals surface area contributed by atoms with E-state index < -0.39 is 24.4 Å². The first kappa shape index (κ1) is 24.1. The molecule has 2 unspecified atom stereocenters. The Hall–Kier alpha value is -3.52. The molecule has 0 saturated heterocycles. The van der Waals surface area contributed by atoms with Crippen molar-refractivity contribution in [2.24, 2.45) is 0 Å². The number of carbonyl (C=O) groups is 1. The van der Waals surface area contributed by atoms with E-state index >= 15 is 0 Å². The van der Waals surface area contributed by atoms with Crippen molar-refractivity contribution in [3.8, 4) is 0 Å². The minimum absolute atomic E-state index is 0.00488. The van der Waals surface area contributed by atoms with E-state index in [1.54, 1.807) is 54.6 Å². The first-order valence-corrected chi connectivity index (χ1v) is 11.7. The van der Waals surface area contributed by atoms with Crippen LogP contribution >= 0.6 is 7.60 Å². The Morgan fingerprint density at radius 2 is 1.58 bits per heavy atom. The molecule has 3 rings (SSSR count). The van der Waals surface area contributed by atoms with Crippen LogP contribution in [0.4, 0.5) is 10.5 Å². The predicted molar refractivity (Wildman–Crippen MR) is 122 cm³/mol. The molecular formula is C23H23N2O7P. The number of benzene rings is 3. The quantitative estimate of drug-likeness (QED) is 0.243. The molecule has 0 fully saturated rings. The normalized spacial score (nSPS) is 13.5. The molecule has 9 nitrogen and oxygen atoms in total. The smallest absolute Gasteiger partial charge is 0.408 e. The molecule has 0 spiro atoms. The lowest BCUT2D eigenvalue weighted by atomic mass is 10.1. The predicted octanol–water partition coefficient (Wildman–Crippen LogP) is 4.96. The fraction of sp³-hybridized carbons (Fsp3) is 0.174. The molecule has 172 valence electrons. The van der Waals surface area contributed by atoms with Crippen LogP contribution < -0.4 is 5.32 Å². The summed E-state index contributed by atoms with van der Waals surface area (Å²) < 4.78 is 23.5. The number of hydrogen-bond acceptors (Lipinski definition) is 6. The van der Waals surface area contributed by atoms with Crippen molar-refractivity contribution in [1.82, 2.24) is 5.32 Å². The Morgan fingerprint density at radius 1 is 0.970 bits per heavy atom. The molecule has 0 aliphatic rings. The van der Waals surface area contributed by atoms with Crippen LogP contribution in [0.15, 0.2) is 84.9 Å². The fourth-order valence-electron chi connectivity index (χ4n) is 3.02. The summed E-state index contributed by atoms with van der Waals surface area (Å²) in [7, 11) is -4.36. The first-order valence-electron chi connectivity index (χ1n) is 10.1. The van der Waals surface area contributed by atoms with Gasteiger partial charge in [0.15, 0.2) is 5.78 Å². The molecule has 0 radical (unpaired) electrons. The Kier molecular flexibility index (Phi) is 8.32. The lowest BCUT2D eigenvalue weighted by Crippen LogP contribution is -2.29. The number of nitrogens with zero attached hydrogens (tertiary/aromatic N) is 1. The van der Waals surface area contributed by atoms with E-state index in [0.29, 0.717) is 11.1 Å². The van der Waals surface area contributed by atoms with Crippen molar-refractivity contribution in [1.29, 1.82) is 0 Å².